The lowest BCUT2D eigenvalue weighted by atomic mass is 10.1. The van der Waals surface area contributed by atoms with Gasteiger partial charge in [-0.25, -0.2) is 9.97 Å². The predicted molar refractivity (Wildman–Crippen MR) is 93.1 cm³/mol. The van der Waals surface area contributed by atoms with Gasteiger partial charge in [-0.1, -0.05) is 0 Å². The Morgan fingerprint density at radius 3 is 2.92 bits per heavy atom. The van der Waals surface area contributed by atoms with Crippen LogP contribution in [0.3, 0.4) is 0 Å². The first-order valence-corrected chi connectivity index (χ1v) is 8.48. The number of ether oxygens (including phenoxy) is 1. The molecule has 0 spiro atoms. The Morgan fingerprint density at radius 2 is 2.16 bits per heavy atom. The van der Waals surface area contributed by atoms with Crippen molar-refractivity contribution in [3.05, 3.63) is 36.8 Å². The van der Waals surface area contributed by atoms with Gasteiger partial charge in [0.05, 0.1) is 19.5 Å². The van der Waals surface area contributed by atoms with Crippen LogP contribution in [0.4, 0.5) is 5.82 Å². The summed E-state index contributed by atoms with van der Waals surface area (Å²) < 4.78 is 7.85. The molecule has 134 valence electrons. The smallest absolute Gasteiger partial charge is 0.222 e. The normalized spacial score (nSPS) is 17.5. The zero-order chi connectivity index (χ0) is 17.6. The van der Waals surface area contributed by atoms with Crippen molar-refractivity contribution in [3.8, 4) is 0 Å². The second-order valence-electron chi connectivity index (χ2n) is 6.26. The van der Waals surface area contributed by atoms with Gasteiger partial charge in [-0.2, -0.15) is 0 Å². The maximum absolute atomic E-state index is 12.5. The van der Waals surface area contributed by atoms with E-state index in [2.05, 4.69) is 15.0 Å². The fraction of sp³-hybridized carbons (Fsp3) is 0.529. The van der Waals surface area contributed by atoms with Crippen LogP contribution in [0.1, 0.15) is 24.6 Å². The van der Waals surface area contributed by atoms with Gasteiger partial charge in [-0.3, -0.25) is 9.78 Å². The van der Waals surface area contributed by atoms with Gasteiger partial charge in [0, 0.05) is 58.4 Å². The minimum absolute atomic E-state index is 0.156. The minimum atomic E-state index is -0.238. The van der Waals surface area contributed by atoms with Gasteiger partial charge in [0.1, 0.15) is 11.8 Å². The van der Waals surface area contributed by atoms with Crippen LogP contribution in [0.2, 0.25) is 0 Å². The van der Waals surface area contributed by atoms with Gasteiger partial charge in [-0.05, 0) is 6.42 Å². The summed E-state index contributed by atoms with van der Waals surface area (Å²) in [6, 6.07) is 0. The highest BCUT2D eigenvalue weighted by Crippen LogP contribution is 2.26. The third kappa shape index (κ3) is 4.33. The third-order valence-corrected chi connectivity index (χ3v) is 4.22. The van der Waals surface area contributed by atoms with Crippen LogP contribution < -0.4 is 4.90 Å². The third-order valence-electron chi connectivity index (χ3n) is 4.22. The fourth-order valence-corrected chi connectivity index (χ4v) is 2.94. The van der Waals surface area contributed by atoms with Gasteiger partial charge in [-0.15, -0.1) is 0 Å². The summed E-state index contributed by atoms with van der Waals surface area (Å²) in [4.78, 5) is 29.1. The zero-order valence-electron chi connectivity index (χ0n) is 14.7. The number of carbonyl (C=O) groups excluding carboxylic acids is 1. The highest BCUT2D eigenvalue weighted by molar-refractivity contribution is 5.76. The molecule has 0 saturated carbocycles. The Hall–Kier alpha value is -2.48. The van der Waals surface area contributed by atoms with E-state index in [1.807, 2.05) is 34.7 Å². The van der Waals surface area contributed by atoms with Gasteiger partial charge in [0.2, 0.25) is 5.91 Å². The lowest BCUT2D eigenvalue weighted by Crippen LogP contribution is -2.42. The van der Waals surface area contributed by atoms with Crippen molar-refractivity contribution in [2.45, 2.75) is 25.5 Å². The lowest BCUT2D eigenvalue weighted by molar-refractivity contribution is -0.139. The van der Waals surface area contributed by atoms with Gasteiger partial charge >= 0.3 is 0 Å². The van der Waals surface area contributed by atoms with Gasteiger partial charge < -0.3 is 19.1 Å². The molecule has 1 saturated heterocycles. The molecule has 2 aromatic heterocycles. The summed E-state index contributed by atoms with van der Waals surface area (Å²) in [5, 5.41) is 0. The number of morpholine rings is 1. The van der Waals surface area contributed by atoms with E-state index in [9.17, 15) is 4.79 Å². The Balaban J connectivity index is 1.58. The maximum Gasteiger partial charge on any atom is 0.222 e. The lowest BCUT2D eigenvalue weighted by Gasteiger charge is -2.33. The van der Waals surface area contributed by atoms with Crippen molar-refractivity contribution in [3.63, 3.8) is 0 Å². The van der Waals surface area contributed by atoms with Crippen LogP contribution in [-0.4, -0.2) is 64.1 Å². The van der Waals surface area contributed by atoms with Crippen LogP contribution in [0, 0.1) is 0 Å². The SMILES string of the molecule is CN(C)c1nccnc1C1CN(C(=O)CCCn2ccnc2)CCO1. The maximum atomic E-state index is 12.5. The molecule has 0 N–H and O–H groups in total. The summed E-state index contributed by atoms with van der Waals surface area (Å²) in [7, 11) is 3.85. The molecule has 1 aliphatic rings. The molecule has 25 heavy (non-hydrogen) atoms. The molecule has 0 bridgehead atoms. The molecule has 8 heteroatoms. The van der Waals surface area contributed by atoms with Crippen molar-refractivity contribution < 1.29 is 9.53 Å². The molecular weight excluding hydrogens is 320 g/mol. The Kier molecular flexibility index (Phi) is 5.60. The number of amides is 1. The number of hydrogen-bond donors (Lipinski definition) is 0. The average Bonchev–Trinajstić information content (AvgIpc) is 3.15. The quantitative estimate of drug-likeness (QED) is 0.782. The fourth-order valence-electron chi connectivity index (χ4n) is 2.94. The molecule has 0 radical (unpaired) electrons. The van der Waals surface area contributed by atoms with Crippen molar-refractivity contribution in [1.82, 2.24) is 24.4 Å². The summed E-state index contributed by atoms with van der Waals surface area (Å²) in [6.07, 6.45) is 9.84. The average molecular weight is 344 g/mol. The first-order valence-electron chi connectivity index (χ1n) is 8.48. The molecule has 1 fully saturated rings. The number of imidazole rings is 1. The summed E-state index contributed by atoms with van der Waals surface area (Å²) >= 11 is 0. The van der Waals surface area contributed by atoms with Crippen LogP contribution in [-0.2, 0) is 16.1 Å². The Labute approximate surface area is 147 Å². The first-order chi connectivity index (χ1) is 12.1. The molecule has 0 aromatic carbocycles. The van der Waals surface area contributed by atoms with E-state index in [1.165, 1.54) is 0 Å². The van der Waals surface area contributed by atoms with E-state index >= 15 is 0 Å². The topological polar surface area (TPSA) is 76.4 Å². The minimum Gasteiger partial charge on any atom is -0.368 e. The van der Waals surface area contributed by atoms with Crippen LogP contribution in [0.15, 0.2) is 31.1 Å². The number of carbonyl (C=O) groups is 1. The number of nitrogens with zero attached hydrogens (tertiary/aromatic N) is 6. The van der Waals surface area contributed by atoms with Gasteiger partial charge in [0.25, 0.3) is 0 Å². The molecule has 8 nitrogen and oxygen atoms in total. The van der Waals surface area contributed by atoms with Crippen molar-refractivity contribution in [1.29, 1.82) is 0 Å². The van der Waals surface area contributed by atoms with Crippen LogP contribution in [0.25, 0.3) is 0 Å². The standard InChI is InChI=1S/C17H24N6O2/c1-21(2)17-16(19-5-6-20-17)14-12-23(10-11-25-14)15(24)4-3-8-22-9-7-18-13-22/h5-7,9,13-14H,3-4,8,10-12H2,1-2H3. The Bertz CT molecular complexity index is 688. The molecule has 1 atom stereocenters. The summed E-state index contributed by atoms with van der Waals surface area (Å²) in [6.45, 7) is 2.46. The largest absolute Gasteiger partial charge is 0.368 e. The van der Waals surface area contributed by atoms with E-state index in [4.69, 9.17) is 4.74 Å². The van der Waals surface area contributed by atoms with Crippen molar-refractivity contribution >= 4 is 11.7 Å². The molecule has 1 amide bonds. The predicted octanol–water partition coefficient (Wildman–Crippen LogP) is 1.12. The highest BCUT2D eigenvalue weighted by atomic mass is 16.5. The Morgan fingerprint density at radius 1 is 1.32 bits per heavy atom. The number of rotatable bonds is 6. The second kappa shape index (κ2) is 8.06. The monoisotopic (exact) mass is 344 g/mol. The highest BCUT2D eigenvalue weighted by Gasteiger charge is 2.28. The summed E-state index contributed by atoms with van der Waals surface area (Å²) in [5.74, 6) is 0.936. The van der Waals surface area contributed by atoms with Gasteiger partial charge in [0.15, 0.2) is 5.82 Å². The van der Waals surface area contributed by atoms with E-state index in [-0.39, 0.29) is 12.0 Å². The van der Waals surface area contributed by atoms with E-state index in [0.29, 0.717) is 26.1 Å². The molecule has 2 aromatic rings. The summed E-state index contributed by atoms with van der Waals surface area (Å²) in [5.41, 5.74) is 0.781. The number of aromatic nitrogens is 4. The zero-order valence-corrected chi connectivity index (χ0v) is 14.7. The molecule has 3 rings (SSSR count). The molecule has 0 aliphatic carbocycles. The number of aryl methyl sites for hydroxylation is 1. The van der Waals surface area contributed by atoms with Crippen molar-refractivity contribution in [2.75, 3.05) is 38.7 Å². The first kappa shape index (κ1) is 17.3. The number of anilines is 1. The second-order valence-corrected chi connectivity index (χ2v) is 6.26. The molecular formula is C17H24N6O2. The molecule has 1 unspecified atom stereocenters. The van der Waals surface area contributed by atoms with Crippen LogP contribution >= 0.6 is 0 Å². The number of hydrogen-bond acceptors (Lipinski definition) is 6. The molecule has 1 aliphatic heterocycles. The van der Waals surface area contributed by atoms with Crippen molar-refractivity contribution in [2.24, 2.45) is 0 Å². The molecule has 3 heterocycles. The van der Waals surface area contributed by atoms with Crippen LogP contribution in [0.5, 0.6) is 0 Å². The van der Waals surface area contributed by atoms with E-state index < -0.39 is 0 Å². The van der Waals surface area contributed by atoms with E-state index in [0.717, 1.165) is 24.5 Å². The van der Waals surface area contributed by atoms with E-state index in [1.54, 1.807) is 24.9 Å².